The molecule has 6 heteroatoms. The Kier molecular flexibility index (Phi) is 7.42. The first-order chi connectivity index (χ1) is 17.5. The van der Waals surface area contributed by atoms with E-state index in [1.807, 2.05) is 30.3 Å². The maximum atomic E-state index is 13.4. The molecule has 3 atom stereocenters. The molecular formula is C30H30FNO4. The van der Waals surface area contributed by atoms with Gasteiger partial charge in [0.1, 0.15) is 23.4 Å². The summed E-state index contributed by atoms with van der Waals surface area (Å²) >= 11 is 0. The number of ether oxygens (including phenoxy) is 2. The molecular weight excluding hydrogens is 457 g/mol. The van der Waals surface area contributed by atoms with Crippen LogP contribution < -0.4 is 4.74 Å². The van der Waals surface area contributed by atoms with Crippen LogP contribution in [-0.4, -0.2) is 41.9 Å². The number of rotatable bonds is 8. The van der Waals surface area contributed by atoms with E-state index >= 15 is 0 Å². The Labute approximate surface area is 210 Å². The highest BCUT2D eigenvalue weighted by molar-refractivity contribution is 5.92. The zero-order chi connectivity index (χ0) is 24.9. The SMILES string of the molecule is O=C(Cc1ccc(Oc2ccc(F)cc2)cc1)[C@@H]1C[C@@H](Cc2ccccc2)CN1C(=O)C1CCCO1. The van der Waals surface area contributed by atoms with Crippen molar-refractivity contribution in [1.82, 2.24) is 4.90 Å². The van der Waals surface area contributed by atoms with Gasteiger partial charge in [0, 0.05) is 19.6 Å². The fourth-order valence-corrected chi connectivity index (χ4v) is 5.16. The summed E-state index contributed by atoms with van der Waals surface area (Å²) < 4.78 is 24.5. The van der Waals surface area contributed by atoms with E-state index in [1.54, 1.807) is 29.2 Å². The lowest BCUT2D eigenvalue weighted by Crippen LogP contribution is -2.45. The molecule has 0 spiro atoms. The minimum atomic E-state index is -0.439. The van der Waals surface area contributed by atoms with Crippen LogP contribution in [0.25, 0.3) is 0 Å². The third kappa shape index (κ3) is 5.82. The molecule has 2 saturated heterocycles. The Morgan fingerprint density at radius 1 is 0.917 bits per heavy atom. The lowest BCUT2D eigenvalue weighted by Gasteiger charge is -2.26. The van der Waals surface area contributed by atoms with Crippen molar-refractivity contribution < 1.29 is 23.5 Å². The highest BCUT2D eigenvalue weighted by Gasteiger charge is 2.42. The Hall–Kier alpha value is -3.51. The van der Waals surface area contributed by atoms with Crippen molar-refractivity contribution in [3.05, 3.63) is 95.8 Å². The third-order valence-corrected chi connectivity index (χ3v) is 6.97. The number of ketones is 1. The van der Waals surface area contributed by atoms with Crippen LogP contribution in [0.3, 0.4) is 0 Å². The molecule has 1 unspecified atom stereocenters. The molecule has 2 aliphatic rings. The van der Waals surface area contributed by atoms with Crippen LogP contribution in [0.15, 0.2) is 78.9 Å². The first-order valence-corrected chi connectivity index (χ1v) is 12.6. The molecule has 0 aromatic heterocycles. The summed E-state index contributed by atoms with van der Waals surface area (Å²) in [6, 6.07) is 22.9. The second kappa shape index (κ2) is 11.0. The standard InChI is InChI=1S/C30H30FNO4/c31-24-10-14-26(15-11-24)36-25-12-8-22(9-13-25)19-28(33)27-18-23(17-21-5-2-1-3-6-21)20-32(27)30(34)29-7-4-16-35-29/h1-3,5-6,8-15,23,27,29H,4,7,16-20H2/t23-,27+,29?/m1/s1. The molecule has 3 aromatic rings. The molecule has 5 rings (SSSR count). The van der Waals surface area contributed by atoms with Crippen molar-refractivity contribution in [2.45, 2.75) is 44.2 Å². The van der Waals surface area contributed by atoms with E-state index in [0.717, 1.165) is 24.8 Å². The molecule has 5 nitrogen and oxygen atoms in total. The number of hydrogen-bond donors (Lipinski definition) is 0. The van der Waals surface area contributed by atoms with Gasteiger partial charge in [-0.3, -0.25) is 9.59 Å². The summed E-state index contributed by atoms with van der Waals surface area (Å²) in [5.41, 5.74) is 2.08. The third-order valence-electron chi connectivity index (χ3n) is 6.97. The Bertz CT molecular complexity index is 1170. The number of halogens is 1. The van der Waals surface area contributed by atoms with Gasteiger partial charge in [-0.1, -0.05) is 42.5 Å². The summed E-state index contributed by atoms with van der Waals surface area (Å²) in [6.45, 7) is 1.18. The van der Waals surface area contributed by atoms with Crippen molar-refractivity contribution in [2.24, 2.45) is 5.92 Å². The van der Waals surface area contributed by atoms with Crippen molar-refractivity contribution in [3.63, 3.8) is 0 Å². The maximum absolute atomic E-state index is 13.4. The number of carbonyl (C=O) groups excluding carboxylic acids is 2. The number of hydrogen-bond acceptors (Lipinski definition) is 4. The molecule has 0 radical (unpaired) electrons. The van der Waals surface area contributed by atoms with Crippen LogP contribution in [-0.2, 0) is 27.2 Å². The van der Waals surface area contributed by atoms with Crippen LogP contribution in [0.2, 0.25) is 0 Å². The predicted octanol–water partition coefficient (Wildman–Crippen LogP) is 5.37. The first-order valence-electron chi connectivity index (χ1n) is 12.6. The molecule has 0 aliphatic carbocycles. The average Bonchev–Trinajstić information content (AvgIpc) is 3.58. The highest BCUT2D eigenvalue weighted by atomic mass is 19.1. The van der Waals surface area contributed by atoms with Crippen LogP contribution in [0.1, 0.15) is 30.4 Å². The molecule has 2 fully saturated rings. The maximum Gasteiger partial charge on any atom is 0.252 e. The topological polar surface area (TPSA) is 55.8 Å². The van der Waals surface area contributed by atoms with Gasteiger partial charge in [0.2, 0.25) is 0 Å². The van der Waals surface area contributed by atoms with Gasteiger partial charge in [0.25, 0.3) is 5.91 Å². The van der Waals surface area contributed by atoms with Crippen LogP contribution in [0.4, 0.5) is 4.39 Å². The largest absolute Gasteiger partial charge is 0.457 e. The lowest BCUT2D eigenvalue weighted by molar-refractivity contribution is -0.145. The van der Waals surface area contributed by atoms with Gasteiger partial charge in [-0.05, 0) is 79.1 Å². The van der Waals surface area contributed by atoms with Crippen molar-refractivity contribution >= 4 is 11.7 Å². The van der Waals surface area contributed by atoms with E-state index < -0.39 is 12.1 Å². The summed E-state index contributed by atoms with van der Waals surface area (Å²) in [4.78, 5) is 28.5. The van der Waals surface area contributed by atoms with Gasteiger partial charge in [-0.15, -0.1) is 0 Å². The minimum Gasteiger partial charge on any atom is -0.457 e. The van der Waals surface area contributed by atoms with E-state index in [2.05, 4.69) is 12.1 Å². The van der Waals surface area contributed by atoms with Crippen molar-refractivity contribution in [2.75, 3.05) is 13.2 Å². The number of nitrogens with zero attached hydrogens (tertiary/aromatic N) is 1. The quantitative estimate of drug-likeness (QED) is 0.429. The Morgan fingerprint density at radius 3 is 2.28 bits per heavy atom. The second-order valence-corrected chi connectivity index (χ2v) is 9.64. The lowest BCUT2D eigenvalue weighted by atomic mass is 9.94. The number of benzene rings is 3. The molecule has 186 valence electrons. The summed E-state index contributed by atoms with van der Waals surface area (Å²) in [7, 11) is 0. The Balaban J connectivity index is 1.26. The molecule has 0 bridgehead atoms. The molecule has 0 saturated carbocycles. The van der Waals surface area contributed by atoms with E-state index in [0.29, 0.717) is 31.1 Å². The predicted molar refractivity (Wildman–Crippen MR) is 134 cm³/mol. The normalized spacial score (nSPS) is 21.5. The molecule has 2 aliphatic heterocycles. The van der Waals surface area contributed by atoms with Gasteiger partial charge >= 0.3 is 0 Å². The first kappa shape index (κ1) is 24.2. The fourth-order valence-electron chi connectivity index (χ4n) is 5.16. The monoisotopic (exact) mass is 487 g/mol. The fraction of sp³-hybridized carbons (Fsp3) is 0.333. The number of Topliss-reactive ketones (excluding diaryl/α,β-unsaturated/α-hetero) is 1. The van der Waals surface area contributed by atoms with E-state index in [9.17, 15) is 14.0 Å². The molecule has 3 aromatic carbocycles. The average molecular weight is 488 g/mol. The van der Waals surface area contributed by atoms with Gasteiger partial charge < -0.3 is 14.4 Å². The van der Waals surface area contributed by atoms with Crippen LogP contribution in [0.5, 0.6) is 11.5 Å². The second-order valence-electron chi connectivity index (χ2n) is 9.64. The van der Waals surface area contributed by atoms with E-state index in [-0.39, 0.29) is 29.8 Å². The van der Waals surface area contributed by atoms with Crippen LogP contribution >= 0.6 is 0 Å². The van der Waals surface area contributed by atoms with Crippen molar-refractivity contribution in [3.8, 4) is 11.5 Å². The van der Waals surface area contributed by atoms with Gasteiger partial charge in [-0.2, -0.15) is 0 Å². The Morgan fingerprint density at radius 2 is 1.61 bits per heavy atom. The van der Waals surface area contributed by atoms with E-state index in [1.165, 1.54) is 17.7 Å². The molecule has 36 heavy (non-hydrogen) atoms. The summed E-state index contributed by atoms with van der Waals surface area (Å²) in [5, 5.41) is 0. The van der Waals surface area contributed by atoms with Crippen LogP contribution in [0, 0.1) is 11.7 Å². The van der Waals surface area contributed by atoms with Gasteiger partial charge in [0.05, 0.1) is 6.04 Å². The van der Waals surface area contributed by atoms with E-state index in [4.69, 9.17) is 9.47 Å². The zero-order valence-corrected chi connectivity index (χ0v) is 20.1. The summed E-state index contributed by atoms with van der Waals surface area (Å²) in [5.74, 6) is 1.06. The number of carbonyl (C=O) groups is 2. The zero-order valence-electron chi connectivity index (χ0n) is 20.1. The molecule has 0 N–H and O–H groups in total. The minimum absolute atomic E-state index is 0.0455. The summed E-state index contributed by atoms with van der Waals surface area (Å²) in [6.07, 6.45) is 2.92. The molecule has 1 amide bonds. The molecule has 2 heterocycles. The van der Waals surface area contributed by atoms with Crippen molar-refractivity contribution in [1.29, 1.82) is 0 Å². The van der Waals surface area contributed by atoms with Gasteiger partial charge in [0.15, 0.2) is 5.78 Å². The van der Waals surface area contributed by atoms with Gasteiger partial charge in [-0.25, -0.2) is 4.39 Å². The number of likely N-dealkylation sites (tertiary alicyclic amines) is 1. The smallest absolute Gasteiger partial charge is 0.252 e. The highest BCUT2D eigenvalue weighted by Crippen LogP contribution is 2.30. The number of amides is 1.